The molecule has 26 heavy (non-hydrogen) atoms. The van der Waals surface area contributed by atoms with E-state index in [0.29, 0.717) is 12.3 Å². The van der Waals surface area contributed by atoms with Crippen molar-refractivity contribution in [2.45, 2.75) is 51.6 Å². The number of carbonyl (C=O) groups is 1. The van der Waals surface area contributed by atoms with Gasteiger partial charge in [-0.15, -0.1) is 0 Å². The fourth-order valence-corrected chi connectivity index (χ4v) is 4.48. The molecule has 2 aliphatic rings. The van der Waals surface area contributed by atoms with E-state index in [2.05, 4.69) is 44.0 Å². The zero-order valence-corrected chi connectivity index (χ0v) is 16.5. The molecule has 0 spiro atoms. The normalized spacial score (nSPS) is 24.8. The first-order chi connectivity index (χ1) is 12.3. The summed E-state index contributed by atoms with van der Waals surface area (Å²) in [5, 5.41) is 3.77. The van der Waals surface area contributed by atoms with Crippen molar-refractivity contribution in [3.05, 3.63) is 47.7 Å². The molecule has 1 aromatic rings. The molecule has 0 unspecified atom stereocenters. The van der Waals surface area contributed by atoms with E-state index in [0.717, 1.165) is 38.3 Å². The Hall–Kier alpha value is -1.65. The molecule has 4 nitrogen and oxygen atoms in total. The van der Waals surface area contributed by atoms with E-state index < -0.39 is 0 Å². The smallest absolute Gasteiger partial charge is 0.162 e. The number of rotatable bonds is 5. The second-order valence-electron chi connectivity index (χ2n) is 8.62. The first-order valence-electron chi connectivity index (χ1n) is 9.71. The van der Waals surface area contributed by atoms with E-state index in [4.69, 9.17) is 4.74 Å². The Morgan fingerprint density at radius 1 is 1.15 bits per heavy atom. The van der Waals surface area contributed by atoms with Crippen molar-refractivity contribution < 1.29 is 9.53 Å². The SMILES string of the molecule is CC1(C)C=C(N2CCOCC2)[C@@H](CCC(=O)c2ccccc2)C(C)(C)N1. The summed E-state index contributed by atoms with van der Waals surface area (Å²) in [5.74, 6) is 0.536. The van der Waals surface area contributed by atoms with Gasteiger partial charge in [0.1, 0.15) is 0 Å². The van der Waals surface area contributed by atoms with Gasteiger partial charge in [0.25, 0.3) is 0 Å². The Balaban J connectivity index is 1.80. The Morgan fingerprint density at radius 3 is 2.46 bits per heavy atom. The molecular formula is C22H32N2O2. The lowest BCUT2D eigenvalue weighted by Gasteiger charge is -2.50. The number of nitrogens with zero attached hydrogens (tertiary/aromatic N) is 1. The molecule has 0 aromatic heterocycles. The van der Waals surface area contributed by atoms with Crippen LogP contribution in [0.2, 0.25) is 0 Å². The maximum Gasteiger partial charge on any atom is 0.162 e. The summed E-state index contributed by atoms with van der Waals surface area (Å²) in [6.07, 6.45) is 3.79. The lowest BCUT2D eigenvalue weighted by Crippen LogP contribution is -2.61. The molecule has 0 bridgehead atoms. The lowest BCUT2D eigenvalue weighted by atomic mass is 9.74. The molecule has 1 fully saturated rings. The molecule has 0 aliphatic carbocycles. The number of morpholine rings is 1. The molecule has 0 amide bonds. The molecule has 1 atom stereocenters. The first kappa shape index (κ1) is 19.1. The van der Waals surface area contributed by atoms with Gasteiger partial charge >= 0.3 is 0 Å². The van der Waals surface area contributed by atoms with Gasteiger partial charge in [-0.1, -0.05) is 30.3 Å². The number of benzene rings is 1. The zero-order valence-electron chi connectivity index (χ0n) is 16.5. The van der Waals surface area contributed by atoms with Gasteiger partial charge in [-0.05, 0) is 40.2 Å². The van der Waals surface area contributed by atoms with Crippen molar-refractivity contribution in [1.29, 1.82) is 0 Å². The number of Topliss-reactive ketones (excluding diaryl/α,β-unsaturated/α-hetero) is 1. The minimum atomic E-state index is -0.0666. The number of ether oxygens (including phenoxy) is 1. The highest BCUT2D eigenvalue weighted by Gasteiger charge is 2.42. The molecule has 3 rings (SSSR count). The van der Waals surface area contributed by atoms with Gasteiger partial charge in [-0.2, -0.15) is 0 Å². The number of nitrogens with one attached hydrogen (secondary N) is 1. The fraction of sp³-hybridized carbons (Fsp3) is 0.591. The molecule has 1 N–H and O–H groups in total. The van der Waals surface area contributed by atoms with Crippen molar-refractivity contribution in [2.24, 2.45) is 5.92 Å². The number of hydrogen-bond acceptors (Lipinski definition) is 4. The van der Waals surface area contributed by atoms with Gasteiger partial charge in [0, 0.05) is 47.8 Å². The molecule has 0 radical (unpaired) electrons. The van der Waals surface area contributed by atoms with Crippen molar-refractivity contribution in [3.8, 4) is 0 Å². The van der Waals surface area contributed by atoms with Crippen LogP contribution >= 0.6 is 0 Å². The molecule has 1 saturated heterocycles. The summed E-state index contributed by atoms with van der Waals surface area (Å²) >= 11 is 0. The minimum absolute atomic E-state index is 0.0585. The van der Waals surface area contributed by atoms with Crippen LogP contribution in [0.5, 0.6) is 0 Å². The van der Waals surface area contributed by atoms with Gasteiger partial charge in [0.05, 0.1) is 13.2 Å². The van der Waals surface area contributed by atoms with Crippen molar-refractivity contribution in [3.63, 3.8) is 0 Å². The predicted octanol–water partition coefficient (Wildman–Crippen LogP) is 3.64. The second kappa shape index (κ2) is 7.53. The highest BCUT2D eigenvalue weighted by atomic mass is 16.5. The average Bonchev–Trinajstić information content (AvgIpc) is 2.60. The van der Waals surface area contributed by atoms with Gasteiger partial charge in [-0.25, -0.2) is 0 Å². The molecule has 1 aromatic carbocycles. The highest BCUT2D eigenvalue weighted by molar-refractivity contribution is 5.95. The third kappa shape index (κ3) is 4.36. The largest absolute Gasteiger partial charge is 0.378 e. The van der Waals surface area contributed by atoms with Gasteiger partial charge in [0.2, 0.25) is 0 Å². The third-order valence-electron chi connectivity index (χ3n) is 5.51. The summed E-state index contributed by atoms with van der Waals surface area (Å²) in [4.78, 5) is 15.1. The van der Waals surface area contributed by atoms with Crippen LogP contribution in [0.3, 0.4) is 0 Å². The quantitative estimate of drug-likeness (QED) is 0.818. The van der Waals surface area contributed by atoms with Gasteiger partial charge in [-0.3, -0.25) is 4.79 Å². The maximum atomic E-state index is 12.6. The number of carbonyl (C=O) groups excluding carboxylic acids is 1. The summed E-state index contributed by atoms with van der Waals surface area (Å²) < 4.78 is 5.55. The highest BCUT2D eigenvalue weighted by Crippen LogP contribution is 2.38. The summed E-state index contributed by atoms with van der Waals surface area (Å²) in [6, 6.07) is 9.64. The van der Waals surface area contributed by atoms with Crippen LogP contribution in [0.25, 0.3) is 0 Å². The van der Waals surface area contributed by atoms with Crippen LogP contribution in [0, 0.1) is 5.92 Å². The standard InChI is InChI=1S/C22H32N2O2/c1-21(2)16-19(24-12-14-26-15-13-24)18(22(3,4)23-21)10-11-20(25)17-8-6-5-7-9-17/h5-9,16,18,23H,10-15H2,1-4H3/t18-/m1/s1. The zero-order chi connectivity index (χ0) is 18.8. The summed E-state index contributed by atoms with van der Waals surface area (Å²) in [6.45, 7) is 12.4. The van der Waals surface area contributed by atoms with E-state index in [1.54, 1.807) is 0 Å². The molecule has 2 aliphatic heterocycles. The van der Waals surface area contributed by atoms with Gasteiger partial charge in [0.15, 0.2) is 5.78 Å². The Morgan fingerprint density at radius 2 is 1.81 bits per heavy atom. The number of ketones is 1. The third-order valence-corrected chi connectivity index (χ3v) is 5.51. The Labute approximate surface area is 157 Å². The Bertz CT molecular complexity index is 658. The minimum Gasteiger partial charge on any atom is -0.378 e. The van der Waals surface area contributed by atoms with Gasteiger partial charge < -0.3 is 15.0 Å². The lowest BCUT2D eigenvalue weighted by molar-refractivity contribution is 0.0375. The van der Waals surface area contributed by atoms with Crippen LogP contribution in [0.1, 0.15) is 50.9 Å². The molecule has 2 heterocycles. The number of hydrogen-bond donors (Lipinski definition) is 1. The van der Waals surface area contributed by atoms with Crippen LogP contribution in [-0.4, -0.2) is 48.1 Å². The van der Waals surface area contributed by atoms with E-state index in [1.807, 2.05) is 30.3 Å². The van der Waals surface area contributed by atoms with Crippen LogP contribution in [0.4, 0.5) is 0 Å². The van der Waals surface area contributed by atoms with Crippen molar-refractivity contribution >= 4 is 5.78 Å². The molecule has 4 heteroatoms. The van der Waals surface area contributed by atoms with E-state index in [-0.39, 0.29) is 16.9 Å². The maximum absolute atomic E-state index is 12.6. The first-order valence-corrected chi connectivity index (χ1v) is 9.71. The molecule has 0 saturated carbocycles. The van der Waals surface area contributed by atoms with Crippen LogP contribution in [-0.2, 0) is 4.74 Å². The van der Waals surface area contributed by atoms with E-state index >= 15 is 0 Å². The topological polar surface area (TPSA) is 41.6 Å². The second-order valence-corrected chi connectivity index (χ2v) is 8.62. The Kier molecular flexibility index (Phi) is 5.54. The summed E-state index contributed by atoms with van der Waals surface area (Å²) in [7, 11) is 0. The van der Waals surface area contributed by atoms with Crippen molar-refractivity contribution in [2.75, 3.05) is 26.3 Å². The average molecular weight is 357 g/mol. The van der Waals surface area contributed by atoms with Crippen molar-refractivity contribution in [1.82, 2.24) is 10.2 Å². The predicted molar refractivity (Wildman–Crippen MR) is 105 cm³/mol. The summed E-state index contributed by atoms with van der Waals surface area (Å²) in [5.41, 5.74) is 2.06. The van der Waals surface area contributed by atoms with Crippen LogP contribution in [0.15, 0.2) is 42.1 Å². The van der Waals surface area contributed by atoms with E-state index in [1.165, 1.54) is 5.70 Å². The van der Waals surface area contributed by atoms with Crippen LogP contribution < -0.4 is 5.32 Å². The van der Waals surface area contributed by atoms with E-state index in [9.17, 15) is 4.79 Å². The molecular weight excluding hydrogens is 324 g/mol. The monoisotopic (exact) mass is 356 g/mol. The fourth-order valence-electron chi connectivity index (χ4n) is 4.48. The molecule has 142 valence electrons.